The van der Waals surface area contributed by atoms with Gasteiger partial charge in [-0.2, -0.15) is 0 Å². The summed E-state index contributed by atoms with van der Waals surface area (Å²) in [6.45, 7) is 0. The molecule has 1 aromatic rings. The van der Waals surface area contributed by atoms with Crippen molar-refractivity contribution in [1.29, 1.82) is 0 Å². The van der Waals surface area contributed by atoms with E-state index in [0.29, 0.717) is 31.4 Å². The molecule has 1 fully saturated rings. The Morgan fingerprint density at radius 2 is 1.86 bits per heavy atom. The van der Waals surface area contributed by atoms with Gasteiger partial charge in [0.2, 0.25) is 0 Å². The zero-order chi connectivity index (χ0) is 15.4. The van der Waals surface area contributed by atoms with Crippen molar-refractivity contribution in [2.75, 3.05) is 12.4 Å². The molecular formula is C14H17N3O4. The molecule has 2 rings (SSSR count). The van der Waals surface area contributed by atoms with Crippen LogP contribution in [0, 0.1) is 10.1 Å². The Balaban J connectivity index is 1.94. The van der Waals surface area contributed by atoms with Crippen LogP contribution in [0.25, 0.3) is 0 Å². The second kappa shape index (κ2) is 6.34. The van der Waals surface area contributed by atoms with E-state index in [1.807, 2.05) is 0 Å². The first kappa shape index (κ1) is 15.0. The number of Topliss-reactive ketones (excluding diaryl/α,β-unsaturated/α-hetero) is 1. The van der Waals surface area contributed by atoms with Crippen molar-refractivity contribution in [2.24, 2.45) is 0 Å². The van der Waals surface area contributed by atoms with Crippen LogP contribution in [0.1, 0.15) is 25.7 Å². The summed E-state index contributed by atoms with van der Waals surface area (Å²) < 4.78 is 0. The third-order valence-electron chi connectivity index (χ3n) is 3.71. The van der Waals surface area contributed by atoms with Crippen LogP contribution < -0.4 is 5.32 Å². The highest BCUT2D eigenvalue weighted by molar-refractivity contribution is 5.89. The number of nitro benzene ring substituents is 1. The van der Waals surface area contributed by atoms with Crippen LogP contribution in [0.15, 0.2) is 24.3 Å². The SMILES string of the molecule is CN(C(=O)Nc1ccc([N+](=O)[O-])cc1)C1CCC(=O)CC1. The van der Waals surface area contributed by atoms with Gasteiger partial charge in [-0.25, -0.2) is 4.79 Å². The molecule has 21 heavy (non-hydrogen) atoms. The number of urea groups is 1. The molecule has 112 valence electrons. The highest BCUT2D eigenvalue weighted by Gasteiger charge is 2.25. The number of carbonyl (C=O) groups excluding carboxylic acids is 2. The molecule has 1 aromatic carbocycles. The van der Waals surface area contributed by atoms with E-state index in [0.717, 1.165) is 0 Å². The Morgan fingerprint density at radius 1 is 1.29 bits per heavy atom. The summed E-state index contributed by atoms with van der Waals surface area (Å²) in [5, 5.41) is 13.3. The van der Waals surface area contributed by atoms with Gasteiger partial charge < -0.3 is 10.2 Å². The van der Waals surface area contributed by atoms with E-state index in [9.17, 15) is 19.7 Å². The maximum atomic E-state index is 12.1. The monoisotopic (exact) mass is 291 g/mol. The molecule has 0 spiro atoms. The lowest BCUT2D eigenvalue weighted by Crippen LogP contribution is -2.41. The van der Waals surface area contributed by atoms with Gasteiger partial charge in [0.25, 0.3) is 5.69 Å². The second-order valence-electron chi connectivity index (χ2n) is 5.11. The molecular weight excluding hydrogens is 274 g/mol. The Labute approximate surface area is 122 Å². The fourth-order valence-corrected chi connectivity index (χ4v) is 2.36. The molecule has 0 heterocycles. The Morgan fingerprint density at radius 3 is 2.38 bits per heavy atom. The summed E-state index contributed by atoms with van der Waals surface area (Å²) in [5.74, 6) is 0.246. The number of nitro groups is 1. The molecule has 1 aliphatic rings. The van der Waals surface area contributed by atoms with Crippen molar-refractivity contribution >= 4 is 23.2 Å². The highest BCUT2D eigenvalue weighted by atomic mass is 16.6. The maximum Gasteiger partial charge on any atom is 0.321 e. The molecule has 2 amide bonds. The van der Waals surface area contributed by atoms with E-state index in [4.69, 9.17) is 0 Å². The number of amides is 2. The van der Waals surface area contributed by atoms with Gasteiger partial charge in [-0.1, -0.05) is 0 Å². The zero-order valence-electron chi connectivity index (χ0n) is 11.7. The van der Waals surface area contributed by atoms with Crippen LogP contribution in [0.3, 0.4) is 0 Å². The number of nitrogens with one attached hydrogen (secondary N) is 1. The minimum absolute atomic E-state index is 0.0212. The fraction of sp³-hybridized carbons (Fsp3) is 0.429. The Hall–Kier alpha value is -2.44. The van der Waals surface area contributed by atoms with Crippen molar-refractivity contribution in [3.8, 4) is 0 Å². The van der Waals surface area contributed by atoms with Gasteiger partial charge in [0.05, 0.1) is 4.92 Å². The van der Waals surface area contributed by atoms with Gasteiger partial charge in [-0.05, 0) is 25.0 Å². The number of non-ortho nitro benzene ring substituents is 1. The molecule has 1 N–H and O–H groups in total. The summed E-state index contributed by atoms with van der Waals surface area (Å²) in [6, 6.07) is 5.45. The van der Waals surface area contributed by atoms with E-state index in [-0.39, 0.29) is 23.5 Å². The van der Waals surface area contributed by atoms with Crippen molar-refractivity contribution < 1.29 is 14.5 Å². The minimum Gasteiger partial charge on any atom is -0.325 e. The van der Waals surface area contributed by atoms with Gasteiger partial charge in [0, 0.05) is 43.8 Å². The summed E-state index contributed by atoms with van der Waals surface area (Å²) in [4.78, 5) is 35.0. The first-order valence-corrected chi connectivity index (χ1v) is 6.77. The number of benzene rings is 1. The molecule has 0 atom stereocenters. The van der Waals surface area contributed by atoms with Crippen LogP contribution in [-0.4, -0.2) is 34.7 Å². The quantitative estimate of drug-likeness (QED) is 0.684. The van der Waals surface area contributed by atoms with E-state index < -0.39 is 4.92 Å². The van der Waals surface area contributed by atoms with E-state index in [1.165, 1.54) is 24.3 Å². The average molecular weight is 291 g/mol. The summed E-state index contributed by atoms with van der Waals surface area (Å²) in [5.41, 5.74) is 0.483. The summed E-state index contributed by atoms with van der Waals surface area (Å²) >= 11 is 0. The van der Waals surface area contributed by atoms with Crippen molar-refractivity contribution in [1.82, 2.24) is 4.90 Å². The number of hydrogen-bond acceptors (Lipinski definition) is 4. The lowest BCUT2D eigenvalue weighted by atomic mass is 9.93. The molecule has 0 unspecified atom stereocenters. The normalized spacial score (nSPS) is 15.6. The van der Waals surface area contributed by atoms with Gasteiger partial charge in [-0.3, -0.25) is 14.9 Å². The van der Waals surface area contributed by atoms with Crippen LogP contribution in [0.2, 0.25) is 0 Å². The number of rotatable bonds is 3. The van der Waals surface area contributed by atoms with Crippen LogP contribution in [-0.2, 0) is 4.79 Å². The van der Waals surface area contributed by atoms with Crippen molar-refractivity contribution in [2.45, 2.75) is 31.7 Å². The summed E-state index contributed by atoms with van der Waals surface area (Å²) in [7, 11) is 1.70. The van der Waals surface area contributed by atoms with Crippen LogP contribution in [0.5, 0.6) is 0 Å². The van der Waals surface area contributed by atoms with E-state index >= 15 is 0 Å². The number of anilines is 1. The molecule has 1 aliphatic carbocycles. The van der Waals surface area contributed by atoms with Crippen LogP contribution >= 0.6 is 0 Å². The molecule has 0 bridgehead atoms. The second-order valence-corrected chi connectivity index (χ2v) is 5.11. The standard InChI is InChI=1S/C14H17N3O4/c1-16(11-6-8-13(18)9-7-11)14(19)15-10-2-4-12(5-3-10)17(20)21/h2-5,11H,6-9H2,1H3,(H,15,19). The summed E-state index contributed by atoms with van der Waals surface area (Å²) in [6.07, 6.45) is 2.39. The average Bonchev–Trinajstić information content (AvgIpc) is 2.47. The topological polar surface area (TPSA) is 92.6 Å². The molecule has 0 saturated heterocycles. The predicted octanol–water partition coefficient (Wildman–Crippen LogP) is 2.57. The van der Waals surface area contributed by atoms with Gasteiger partial charge in [0.15, 0.2) is 0 Å². The maximum absolute atomic E-state index is 12.1. The van der Waals surface area contributed by atoms with Gasteiger partial charge >= 0.3 is 6.03 Å². The molecule has 7 heteroatoms. The Bertz CT molecular complexity index is 546. The van der Waals surface area contributed by atoms with E-state index in [1.54, 1.807) is 11.9 Å². The lowest BCUT2D eigenvalue weighted by molar-refractivity contribution is -0.384. The van der Waals surface area contributed by atoms with Gasteiger partial charge in [0.1, 0.15) is 5.78 Å². The zero-order valence-corrected chi connectivity index (χ0v) is 11.7. The molecule has 1 saturated carbocycles. The predicted molar refractivity (Wildman–Crippen MR) is 77.1 cm³/mol. The first-order chi connectivity index (χ1) is 9.97. The minimum atomic E-state index is -0.489. The van der Waals surface area contributed by atoms with Crippen molar-refractivity contribution in [3.63, 3.8) is 0 Å². The third kappa shape index (κ3) is 3.77. The van der Waals surface area contributed by atoms with Crippen LogP contribution in [0.4, 0.5) is 16.2 Å². The lowest BCUT2D eigenvalue weighted by Gasteiger charge is -2.30. The third-order valence-corrected chi connectivity index (χ3v) is 3.71. The molecule has 0 aromatic heterocycles. The number of nitrogens with zero attached hydrogens (tertiary/aromatic N) is 2. The Kier molecular flexibility index (Phi) is 4.52. The smallest absolute Gasteiger partial charge is 0.321 e. The first-order valence-electron chi connectivity index (χ1n) is 6.77. The molecule has 0 aliphatic heterocycles. The van der Waals surface area contributed by atoms with Crippen molar-refractivity contribution in [3.05, 3.63) is 34.4 Å². The number of carbonyl (C=O) groups is 2. The van der Waals surface area contributed by atoms with E-state index in [2.05, 4.69) is 5.32 Å². The highest BCUT2D eigenvalue weighted by Crippen LogP contribution is 2.21. The molecule has 7 nitrogen and oxygen atoms in total. The fourth-order valence-electron chi connectivity index (χ4n) is 2.36. The molecule has 0 radical (unpaired) electrons. The largest absolute Gasteiger partial charge is 0.325 e. The number of hydrogen-bond donors (Lipinski definition) is 1. The number of ketones is 1. The van der Waals surface area contributed by atoms with Gasteiger partial charge in [-0.15, -0.1) is 0 Å².